The van der Waals surface area contributed by atoms with Gasteiger partial charge >= 0.3 is 0 Å². The van der Waals surface area contributed by atoms with Gasteiger partial charge in [0.15, 0.2) is 0 Å². The number of hydrogen-bond acceptors (Lipinski definition) is 2. The van der Waals surface area contributed by atoms with Gasteiger partial charge in [-0.05, 0) is 40.4 Å². The van der Waals surface area contributed by atoms with Crippen molar-refractivity contribution < 1.29 is 5.11 Å². The molecule has 0 aliphatic heterocycles. The summed E-state index contributed by atoms with van der Waals surface area (Å²) >= 11 is 3.39. The van der Waals surface area contributed by atoms with Crippen LogP contribution in [0.4, 0.5) is 0 Å². The zero-order chi connectivity index (χ0) is 10.6. The average molecular weight is 258 g/mol. The van der Waals surface area contributed by atoms with Crippen molar-refractivity contribution in [1.82, 2.24) is 4.98 Å². The molecule has 0 spiro atoms. The van der Waals surface area contributed by atoms with Gasteiger partial charge in [-0.15, -0.1) is 0 Å². The van der Waals surface area contributed by atoms with Gasteiger partial charge < -0.3 is 5.11 Å². The predicted octanol–water partition coefficient (Wildman–Crippen LogP) is 3.31. The fourth-order valence-corrected chi connectivity index (χ4v) is 1.99. The Morgan fingerprint density at radius 3 is 2.86 bits per heavy atom. The number of rotatable bonds is 4. The van der Waals surface area contributed by atoms with Crippen molar-refractivity contribution in [2.45, 2.75) is 32.8 Å². The summed E-state index contributed by atoms with van der Waals surface area (Å²) in [5, 5.41) is 10.0. The Kier molecular flexibility index (Phi) is 4.55. The van der Waals surface area contributed by atoms with Crippen LogP contribution >= 0.6 is 15.9 Å². The molecule has 0 radical (unpaired) electrons. The monoisotopic (exact) mass is 257 g/mol. The fraction of sp³-hybridized carbons (Fsp3) is 0.545. The Bertz CT molecular complexity index is 290. The van der Waals surface area contributed by atoms with Crippen LogP contribution in [0.5, 0.6) is 0 Å². The van der Waals surface area contributed by atoms with E-state index in [2.05, 4.69) is 34.8 Å². The van der Waals surface area contributed by atoms with E-state index in [-0.39, 0.29) is 5.92 Å². The molecule has 0 bridgehead atoms. The second-order valence-electron chi connectivity index (χ2n) is 3.58. The number of halogens is 1. The van der Waals surface area contributed by atoms with E-state index < -0.39 is 6.10 Å². The van der Waals surface area contributed by atoms with Crippen LogP contribution in [0.2, 0.25) is 0 Å². The van der Waals surface area contributed by atoms with Crippen LogP contribution in [0.3, 0.4) is 0 Å². The molecule has 0 aromatic carbocycles. The quantitative estimate of drug-likeness (QED) is 0.898. The second-order valence-corrected chi connectivity index (χ2v) is 4.44. The lowest BCUT2D eigenvalue weighted by Crippen LogP contribution is -2.11. The molecule has 0 aliphatic rings. The molecule has 2 atom stereocenters. The van der Waals surface area contributed by atoms with E-state index in [1.54, 1.807) is 6.20 Å². The van der Waals surface area contributed by atoms with Gasteiger partial charge in [-0.3, -0.25) is 4.98 Å². The maximum absolute atomic E-state index is 10.0. The van der Waals surface area contributed by atoms with E-state index in [9.17, 15) is 5.11 Å². The molecule has 0 fully saturated rings. The van der Waals surface area contributed by atoms with Gasteiger partial charge in [0.25, 0.3) is 0 Å². The van der Waals surface area contributed by atoms with E-state index in [1.165, 1.54) is 0 Å². The first-order chi connectivity index (χ1) is 6.66. The van der Waals surface area contributed by atoms with E-state index in [1.807, 2.05) is 12.1 Å². The third-order valence-corrected chi connectivity index (χ3v) is 3.02. The fourth-order valence-electron chi connectivity index (χ4n) is 1.50. The van der Waals surface area contributed by atoms with Crippen LogP contribution < -0.4 is 0 Å². The first-order valence-corrected chi connectivity index (χ1v) is 5.74. The Labute approximate surface area is 93.5 Å². The smallest absolute Gasteiger partial charge is 0.0996 e. The molecule has 0 amide bonds. The normalized spacial score (nSPS) is 15.1. The molecule has 1 aromatic heterocycles. The summed E-state index contributed by atoms with van der Waals surface area (Å²) in [6.45, 7) is 4.17. The molecule has 14 heavy (non-hydrogen) atoms. The highest BCUT2D eigenvalue weighted by molar-refractivity contribution is 9.10. The number of pyridine rings is 1. The topological polar surface area (TPSA) is 33.1 Å². The standard InChI is InChI=1S/C11H16BrNO/c1-3-5-8(2)11(14)10-9(12)6-4-7-13-10/h4,6-8,11,14H,3,5H2,1-2H3. The molecule has 2 unspecified atom stereocenters. The molecule has 1 N–H and O–H groups in total. The van der Waals surface area contributed by atoms with Gasteiger partial charge in [0, 0.05) is 10.7 Å². The van der Waals surface area contributed by atoms with E-state index >= 15 is 0 Å². The molecule has 0 saturated carbocycles. The van der Waals surface area contributed by atoms with Gasteiger partial charge in [0.05, 0.1) is 11.8 Å². The summed E-state index contributed by atoms with van der Waals surface area (Å²) in [5.74, 6) is 0.256. The number of nitrogens with zero attached hydrogens (tertiary/aromatic N) is 1. The van der Waals surface area contributed by atoms with Crippen LogP contribution in [0.25, 0.3) is 0 Å². The molecule has 0 aliphatic carbocycles. The summed E-state index contributed by atoms with van der Waals surface area (Å²) in [6.07, 6.45) is 3.35. The van der Waals surface area contributed by atoms with Crippen molar-refractivity contribution in [3.63, 3.8) is 0 Å². The summed E-state index contributed by atoms with van der Waals surface area (Å²) in [6, 6.07) is 3.76. The first kappa shape index (κ1) is 11.7. The van der Waals surface area contributed by atoms with Gasteiger partial charge in [0.2, 0.25) is 0 Å². The van der Waals surface area contributed by atoms with Crippen molar-refractivity contribution >= 4 is 15.9 Å². The maximum atomic E-state index is 10.0. The zero-order valence-electron chi connectivity index (χ0n) is 8.57. The molecule has 1 aromatic rings. The molecule has 78 valence electrons. The van der Waals surface area contributed by atoms with Gasteiger partial charge in [0.1, 0.15) is 0 Å². The van der Waals surface area contributed by atoms with Crippen molar-refractivity contribution in [3.05, 3.63) is 28.5 Å². The number of hydrogen-bond donors (Lipinski definition) is 1. The minimum Gasteiger partial charge on any atom is -0.386 e. The van der Waals surface area contributed by atoms with Crippen molar-refractivity contribution in [3.8, 4) is 0 Å². The average Bonchev–Trinajstić information content (AvgIpc) is 2.18. The highest BCUT2D eigenvalue weighted by Gasteiger charge is 2.18. The SMILES string of the molecule is CCCC(C)C(O)c1ncccc1Br. The number of aliphatic hydroxyl groups excluding tert-OH is 1. The third-order valence-electron chi connectivity index (χ3n) is 2.35. The van der Waals surface area contributed by atoms with Crippen LogP contribution in [-0.4, -0.2) is 10.1 Å². The summed E-state index contributed by atoms with van der Waals surface area (Å²) < 4.78 is 0.885. The zero-order valence-corrected chi connectivity index (χ0v) is 10.2. The summed E-state index contributed by atoms with van der Waals surface area (Å²) in [7, 11) is 0. The van der Waals surface area contributed by atoms with Crippen molar-refractivity contribution in [2.75, 3.05) is 0 Å². The lowest BCUT2D eigenvalue weighted by Gasteiger charge is -2.18. The number of aliphatic hydroxyl groups is 1. The number of aromatic nitrogens is 1. The first-order valence-electron chi connectivity index (χ1n) is 4.95. The second kappa shape index (κ2) is 5.47. The Balaban J connectivity index is 2.78. The summed E-state index contributed by atoms with van der Waals surface area (Å²) in [4.78, 5) is 4.18. The highest BCUT2D eigenvalue weighted by Crippen LogP contribution is 2.28. The van der Waals surface area contributed by atoms with E-state index in [4.69, 9.17) is 0 Å². The Morgan fingerprint density at radius 1 is 1.57 bits per heavy atom. The van der Waals surface area contributed by atoms with Crippen LogP contribution in [0.1, 0.15) is 38.5 Å². The molecular formula is C11H16BrNO. The van der Waals surface area contributed by atoms with Crippen molar-refractivity contribution in [2.24, 2.45) is 5.92 Å². The molecule has 0 saturated heterocycles. The van der Waals surface area contributed by atoms with Crippen LogP contribution in [0, 0.1) is 5.92 Å². The molecule has 3 heteroatoms. The molecule has 1 heterocycles. The lowest BCUT2D eigenvalue weighted by atomic mass is 9.97. The summed E-state index contributed by atoms with van der Waals surface area (Å²) in [5.41, 5.74) is 0.744. The third kappa shape index (κ3) is 2.79. The van der Waals surface area contributed by atoms with Crippen LogP contribution in [-0.2, 0) is 0 Å². The van der Waals surface area contributed by atoms with Gasteiger partial charge in [-0.2, -0.15) is 0 Å². The van der Waals surface area contributed by atoms with Gasteiger partial charge in [-0.25, -0.2) is 0 Å². The van der Waals surface area contributed by atoms with E-state index in [0.717, 1.165) is 23.0 Å². The maximum Gasteiger partial charge on any atom is 0.0996 e. The van der Waals surface area contributed by atoms with E-state index in [0.29, 0.717) is 0 Å². The largest absolute Gasteiger partial charge is 0.386 e. The predicted molar refractivity (Wildman–Crippen MR) is 61.0 cm³/mol. The van der Waals surface area contributed by atoms with Crippen LogP contribution in [0.15, 0.2) is 22.8 Å². The Morgan fingerprint density at radius 2 is 2.29 bits per heavy atom. The van der Waals surface area contributed by atoms with Gasteiger partial charge in [-0.1, -0.05) is 20.3 Å². The minimum absolute atomic E-state index is 0.256. The highest BCUT2D eigenvalue weighted by atomic mass is 79.9. The lowest BCUT2D eigenvalue weighted by molar-refractivity contribution is 0.107. The Hall–Kier alpha value is -0.410. The molecule has 2 nitrogen and oxygen atoms in total. The minimum atomic E-state index is -0.467. The van der Waals surface area contributed by atoms with Crippen molar-refractivity contribution in [1.29, 1.82) is 0 Å². The molecule has 1 rings (SSSR count). The molecular weight excluding hydrogens is 242 g/mol.